The summed E-state index contributed by atoms with van der Waals surface area (Å²) < 4.78 is 28.7. The zero-order valence-corrected chi connectivity index (χ0v) is 22.2. The van der Waals surface area contributed by atoms with Crippen molar-refractivity contribution in [3.05, 3.63) is 58.6 Å². The SMILES string of the molecule is Cc1c(S(=O)(=O)NC(=O)C(C)CNC(=O)c2ccc(N3CCCCC3=O)cc2)sc2cc(Cl)ccc12. The third-order valence-electron chi connectivity index (χ3n) is 6.12. The minimum Gasteiger partial charge on any atom is -0.351 e. The van der Waals surface area contributed by atoms with Crippen molar-refractivity contribution in [2.24, 2.45) is 5.92 Å². The highest BCUT2D eigenvalue weighted by Crippen LogP contribution is 2.35. The average Bonchev–Trinajstić information content (AvgIpc) is 3.18. The number of anilines is 1. The lowest BCUT2D eigenvalue weighted by molar-refractivity contribution is -0.122. The van der Waals surface area contributed by atoms with Gasteiger partial charge in [0.05, 0.1) is 5.92 Å². The first-order chi connectivity index (χ1) is 17.1. The van der Waals surface area contributed by atoms with Crippen molar-refractivity contribution in [1.29, 1.82) is 0 Å². The van der Waals surface area contributed by atoms with Crippen LogP contribution in [-0.2, 0) is 19.6 Å². The van der Waals surface area contributed by atoms with Crippen LogP contribution in [0.2, 0.25) is 5.02 Å². The van der Waals surface area contributed by atoms with Crippen molar-refractivity contribution in [3.8, 4) is 0 Å². The number of carbonyl (C=O) groups is 3. The fourth-order valence-electron chi connectivity index (χ4n) is 4.02. The lowest BCUT2D eigenvalue weighted by atomic mass is 10.1. The van der Waals surface area contributed by atoms with Crippen LogP contribution in [0.25, 0.3) is 10.1 Å². The zero-order chi connectivity index (χ0) is 26.0. The summed E-state index contributed by atoms with van der Waals surface area (Å²) in [5, 5.41) is 3.92. The monoisotopic (exact) mass is 547 g/mol. The second kappa shape index (κ2) is 10.6. The van der Waals surface area contributed by atoms with Crippen LogP contribution in [0.4, 0.5) is 5.69 Å². The minimum absolute atomic E-state index is 0.0481. The number of nitrogens with zero attached hydrogens (tertiary/aromatic N) is 1. The number of thiophene rings is 1. The predicted octanol–water partition coefficient (Wildman–Crippen LogP) is 4.25. The summed E-state index contributed by atoms with van der Waals surface area (Å²) in [5.74, 6) is -1.84. The Labute approximate surface area is 218 Å². The van der Waals surface area contributed by atoms with Gasteiger partial charge in [-0.05, 0) is 67.1 Å². The van der Waals surface area contributed by atoms with Crippen molar-refractivity contribution < 1.29 is 22.8 Å². The highest BCUT2D eigenvalue weighted by molar-refractivity contribution is 7.92. The van der Waals surface area contributed by atoms with E-state index in [-0.39, 0.29) is 16.7 Å². The van der Waals surface area contributed by atoms with Crippen LogP contribution in [0.15, 0.2) is 46.7 Å². The molecule has 36 heavy (non-hydrogen) atoms. The molecule has 190 valence electrons. The number of halogens is 1. The van der Waals surface area contributed by atoms with Crippen molar-refractivity contribution in [1.82, 2.24) is 10.0 Å². The number of nitrogens with one attached hydrogen (secondary N) is 2. The molecule has 0 aliphatic carbocycles. The number of benzene rings is 2. The van der Waals surface area contributed by atoms with E-state index in [0.717, 1.165) is 35.3 Å². The molecule has 1 unspecified atom stereocenters. The Hall–Kier alpha value is -2.95. The van der Waals surface area contributed by atoms with E-state index in [2.05, 4.69) is 10.0 Å². The first-order valence-electron chi connectivity index (χ1n) is 11.5. The maximum absolute atomic E-state index is 12.9. The van der Waals surface area contributed by atoms with Crippen LogP contribution < -0.4 is 14.9 Å². The van der Waals surface area contributed by atoms with E-state index in [9.17, 15) is 22.8 Å². The molecule has 3 amide bonds. The van der Waals surface area contributed by atoms with Crippen molar-refractivity contribution in [2.75, 3.05) is 18.0 Å². The second-order valence-corrected chi connectivity index (χ2v) is 12.2. The molecule has 4 rings (SSSR count). The number of aryl methyl sites for hydroxylation is 1. The summed E-state index contributed by atoms with van der Waals surface area (Å²) in [7, 11) is -4.09. The van der Waals surface area contributed by atoms with Gasteiger partial charge in [0.25, 0.3) is 15.9 Å². The first kappa shape index (κ1) is 26.1. The molecule has 11 heteroatoms. The number of hydrogen-bond donors (Lipinski definition) is 2. The Morgan fingerprint density at radius 3 is 2.56 bits per heavy atom. The Morgan fingerprint density at radius 1 is 1.14 bits per heavy atom. The molecular formula is C25H26ClN3O5S2. The topological polar surface area (TPSA) is 113 Å². The van der Waals surface area contributed by atoms with Gasteiger partial charge in [0, 0.05) is 40.5 Å². The molecule has 2 aromatic carbocycles. The molecular weight excluding hydrogens is 522 g/mol. The summed E-state index contributed by atoms with van der Waals surface area (Å²) in [6.07, 6.45) is 2.36. The molecule has 0 radical (unpaired) electrons. The standard InChI is InChI=1S/C25H26ClN3O5S2/c1-15(14-27-24(32)17-6-9-19(10-7-17)29-12-4-3-5-22(29)30)23(31)28-36(33,34)25-16(2)20-11-8-18(26)13-21(20)35-25/h6-11,13,15H,3-5,12,14H2,1-2H3,(H,27,32)(H,28,31). The third kappa shape index (κ3) is 5.55. The molecule has 1 saturated heterocycles. The summed E-state index contributed by atoms with van der Waals surface area (Å²) >= 11 is 7.06. The van der Waals surface area contributed by atoms with Gasteiger partial charge in [0.2, 0.25) is 11.8 Å². The van der Waals surface area contributed by atoms with Crippen molar-refractivity contribution in [3.63, 3.8) is 0 Å². The van der Waals surface area contributed by atoms with Crippen LogP contribution >= 0.6 is 22.9 Å². The van der Waals surface area contributed by atoms with E-state index in [4.69, 9.17) is 11.6 Å². The molecule has 8 nitrogen and oxygen atoms in total. The van der Waals surface area contributed by atoms with E-state index in [0.29, 0.717) is 33.8 Å². The fourth-order valence-corrected chi connectivity index (χ4v) is 7.15. The molecule has 0 saturated carbocycles. The van der Waals surface area contributed by atoms with Crippen LogP contribution in [0.3, 0.4) is 0 Å². The van der Waals surface area contributed by atoms with Crippen LogP contribution in [0.1, 0.15) is 42.1 Å². The molecule has 1 aromatic heterocycles. The highest BCUT2D eigenvalue weighted by Gasteiger charge is 2.26. The zero-order valence-electron chi connectivity index (χ0n) is 19.8. The van der Waals surface area contributed by atoms with E-state index in [1.807, 2.05) is 0 Å². The Morgan fingerprint density at radius 2 is 1.86 bits per heavy atom. The van der Waals surface area contributed by atoms with Gasteiger partial charge in [-0.3, -0.25) is 14.4 Å². The van der Waals surface area contributed by atoms with Crippen LogP contribution in [0.5, 0.6) is 0 Å². The van der Waals surface area contributed by atoms with Gasteiger partial charge in [0.1, 0.15) is 4.21 Å². The number of carbonyl (C=O) groups excluding carboxylic acids is 3. The molecule has 0 bridgehead atoms. The van der Waals surface area contributed by atoms with E-state index in [1.54, 1.807) is 54.3 Å². The number of hydrogen-bond acceptors (Lipinski definition) is 6. The molecule has 1 aliphatic heterocycles. The summed E-state index contributed by atoms with van der Waals surface area (Å²) in [6, 6.07) is 11.8. The van der Waals surface area contributed by atoms with Crippen LogP contribution in [0, 0.1) is 12.8 Å². The smallest absolute Gasteiger partial charge is 0.273 e. The Bertz CT molecular complexity index is 1430. The van der Waals surface area contributed by atoms with Crippen LogP contribution in [-0.4, -0.2) is 39.2 Å². The average molecular weight is 548 g/mol. The Kier molecular flexibility index (Phi) is 7.67. The van der Waals surface area contributed by atoms with Gasteiger partial charge in [-0.15, -0.1) is 11.3 Å². The number of sulfonamides is 1. The van der Waals surface area contributed by atoms with Gasteiger partial charge in [-0.25, -0.2) is 13.1 Å². The normalized spacial score (nSPS) is 15.1. The molecule has 1 atom stereocenters. The highest BCUT2D eigenvalue weighted by atomic mass is 35.5. The molecule has 3 aromatic rings. The summed E-state index contributed by atoms with van der Waals surface area (Å²) in [5.41, 5.74) is 1.67. The lowest BCUT2D eigenvalue weighted by Gasteiger charge is -2.26. The fraction of sp³-hybridized carbons (Fsp3) is 0.320. The second-order valence-electron chi connectivity index (χ2n) is 8.79. The van der Waals surface area contributed by atoms with E-state index >= 15 is 0 Å². The maximum Gasteiger partial charge on any atom is 0.273 e. The van der Waals surface area contributed by atoms with Gasteiger partial charge in [-0.1, -0.05) is 24.6 Å². The van der Waals surface area contributed by atoms with Gasteiger partial charge in [-0.2, -0.15) is 0 Å². The van der Waals surface area contributed by atoms with E-state index in [1.165, 1.54) is 6.92 Å². The van der Waals surface area contributed by atoms with E-state index < -0.39 is 27.8 Å². The maximum atomic E-state index is 12.9. The number of piperidine rings is 1. The minimum atomic E-state index is -4.09. The van der Waals surface area contributed by atoms with Crippen molar-refractivity contribution >= 4 is 66.5 Å². The molecule has 1 fully saturated rings. The molecule has 0 spiro atoms. The number of fused-ring (bicyclic) bond motifs is 1. The van der Waals surface area contributed by atoms with Gasteiger partial charge >= 0.3 is 0 Å². The Balaban J connectivity index is 1.36. The largest absolute Gasteiger partial charge is 0.351 e. The van der Waals surface area contributed by atoms with Crippen molar-refractivity contribution in [2.45, 2.75) is 37.3 Å². The van der Waals surface area contributed by atoms with Gasteiger partial charge in [0.15, 0.2) is 0 Å². The predicted molar refractivity (Wildman–Crippen MR) is 141 cm³/mol. The summed E-state index contributed by atoms with van der Waals surface area (Å²) in [6.45, 7) is 3.83. The quantitative estimate of drug-likeness (QED) is 0.459. The molecule has 2 N–H and O–H groups in total. The summed E-state index contributed by atoms with van der Waals surface area (Å²) in [4.78, 5) is 39.0. The lowest BCUT2D eigenvalue weighted by Crippen LogP contribution is -2.40. The third-order valence-corrected chi connectivity index (χ3v) is 9.57. The number of rotatable bonds is 7. The molecule has 1 aliphatic rings. The molecule has 2 heterocycles. The van der Waals surface area contributed by atoms with Gasteiger partial charge < -0.3 is 10.2 Å². The number of amides is 3. The first-order valence-corrected chi connectivity index (χ1v) is 14.2.